The van der Waals surface area contributed by atoms with Crippen LogP contribution in [0.5, 0.6) is 5.75 Å². The van der Waals surface area contributed by atoms with E-state index in [2.05, 4.69) is 10.6 Å². The maximum absolute atomic E-state index is 13.2. The topological polar surface area (TPSA) is 199 Å². The average Bonchev–Trinajstić information content (AvgIpc) is 3.28. The fourth-order valence-electron chi connectivity index (χ4n) is 4.10. The SMILES string of the molecule is CC(C)CC(NC(=O)C1CCCN1C(=O)C(CC(=O)O)NC(=O)C(N)Cc1ccc(O)cc1)C(=O)O. The van der Waals surface area contributed by atoms with Crippen LogP contribution in [0.25, 0.3) is 0 Å². The minimum absolute atomic E-state index is 0.00802. The van der Waals surface area contributed by atoms with Crippen LogP contribution >= 0.6 is 0 Å². The largest absolute Gasteiger partial charge is 0.508 e. The van der Waals surface area contributed by atoms with Gasteiger partial charge in [0.1, 0.15) is 23.9 Å². The van der Waals surface area contributed by atoms with Gasteiger partial charge in [0.15, 0.2) is 0 Å². The smallest absolute Gasteiger partial charge is 0.326 e. The van der Waals surface area contributed by atoms with E-state index in [4.69, 9.17) is 5.73 Å². The van der Waals surface area contributed by atoms with Gasteiger partial charge in [-0.25, -0.2) is 4.79 Å². The van der Waals surface area contributed by atoms with Gasteiger partial charge >= 0.3 is 11.9 Å². The molecule has 1 aromatic rings. The second-order valence-corrected chi connectivity index (χ2v) is 9.35. The van der Waals surface area contributed by atoms with E-state index in [1.54, 1.807) is 12.1 Å². The number of carbonyl (C=O) groups excluding carboxylic acids is 3. The molecular formula is C24H34N4O8. The normalized spacial score (nSPS) is 17.8. The lowest BCUT2D eigenvalue weighted by atomic mass is 10.0. The van der Waals surface area contributed by atoms with Crippen molar-refractivity contribution in [3.8, 4) is 5.75 Å². The zero-order chi connectivity index (χ0) is 27.0. The number of nitrogens with two attached hydrogens (primary N) is 1. The Labute approximate surface area is 208 Å². The lowest BCUT2D eigenvalue weighted by Gasteiger charge is -2.29. The lowest BCUT2D eigenvalue weighted by molar-refractivity contribution is -0.147. The average molecular weight is 507 g/mol. The first-order chi connectivity index (χ1) is 16.9. The fourth-order valence-corrected chi connectivity index (χ4v) is 4.10. The van der Waals surface area contributed by atoms with Gasteiger partial charge in [-0.3, -0.25) is 19.2 Å². The maximum atomic E-state index is 13.2. The summed E-state index contributed by atoms with van der Waals surface area (Å²) in [7, 11) is 0. The molecule has 0 aromatic heterocycles. The number of aliphatic carboxylic acids is 2. The molecule has 198 valence electrons. The number of nitrogens with zero attached hydrogens (tertiary/aromatic N) is 1. The van der Waals surface area contributed by atoms with Crippen LogP contribution in [0.2, 0.25) is 0 Å². The molecular weight excluding hydrogens is 472 g/mol. The molecule has 36 heavy (non-hydrogen) atoms. The number of rotatable bonds is 12. The van der Waals surface area contributed by atoms with Crippen LogP contribution in [-0.4, -0.2) is 80.6 Å². The van der Waals surface area contributed by atoms with Gasteiger partial charge in [0.2, 0.25) is 17.7 Å². The van der Waals surface area contributed by atoms with E-state index in [1.807, 2.05) is 13.8 Å². The van der Waals surface area contributed by atoms with Crippen molar-refractivity contribution in [3.05, 3.63) is 29.8 Å². The highest BCUT2D eigenvalue weighted by atomic mass is 16.4. The number of hydrogen-bond donors (Lipinski definition) is 6. The number of benzene rings is 1. The number of phenolic OH excluding ortho intramolecular Hbond substituents is 1. The molecule has 12 heteroatoms. The Bertz CT molecular complexity index is 965. The highest BCUT2D eigenvalue weighted by Crippen LogP contribution is 2.20. The van der Waals surface area contributed by atoms with Crippen molar-refractivity contribution in [2.24, 2.45) is 11.7 Å². The molecule has 7 N–H and O–H groups in total. The van der Waals surface area contributed by atoms with Gasteiger partial charge in [0.25, 0.3) is 0 Å². The van der Waals surface area contributed by atoms with Gasteiger partial charge in [0, 0.05) is 6.54 Å². The highest BCUT2D eigenvalue weighted by molar-refractivity contribution is 5.96. The minimum atomic E-state index is -1.46. The summed E-state index contributed by atoms with van der Waals surface area (Å²) >= 11 is 0. The first-order valence-electron chi connectivity index (χ1n) is 11.8. The number of carboxylic acid groups (broad SMARTS) is 2. The Kier molecular flexibility index (Phi) is 10.2. The number of nitrogens with one attached hydrogen (secondary N) is 2. The second kappa shape index (κ2) is 12.9. The Balaban J connectivity index is 2.11. The number of carboxylic acids is 2. The summed E-state index contributed by atoms with van der Waals surface area (Å²) in [5.74, 6) is -4.60. The molecule has 1 aromatic carbocycles. The van der Waals surface area contributed by atoms with Crippen molar-refractivity contribution in [3.63, 3.8) is 0 Å². The van der Waals surface area contributed by atoms with Crippen molar-refractivity contribution in [2.45, 2.75) is 70.1 Å². The molecule has 1 fully saturated rings. The van der Waals surface area contributed by atoms with E-state index in [1.165, 1.54) is 17.0 Å². The van der Waals surface area contributed by atoms with Gasteiger partial charge in [-0.05, 0) is 49.3 Å². The summed E-state index contributed by atoms with van der Waals surface area (Å²) < 4.78 is 0. The molecule has 1 saturated heterocycles. The van der Waals surface area contributed by atoms with Crippen LogP contribution in [0.3, 0.4) is 0 Å². The molecule has 4 atom stereocenters. The third-order valence-corrected chi connectivity index (χ3v) is 5.88. The van der Waals surface area contributed by atoms with Gasteiger partial charge in [-0.2, -0.15) is 0 Å². The summed E-state index contributed by atoms with van der Waals surface area (Å²) in [6.07, 6.45) is 0.311. The maximum Gasteiger partial charge on any atom is 0.326 e. The van der Waals surface area contributed by atoms with Crippen LogP contribution in [0.4, 0.5) is 0 Å². The van der Waals surface area contributed by atoms with Crippen LogP contribution in [-0.2, 0) is 30.4 Å². The molecule has 12 nitrogen and oxygen atoms in total. The standard InChI is InChI=1S/C24H34N4O8/c1-13(2)10-18(24(35)36)27-22(33)19-4-3-9-28(19)23(34)17(12-20(30)31)26-21(32)16(25)11-14-5-7-15(29)8-6-14/h5-8,13,16-19,29H,3-4,9-12,25H2,1-2H3,(H,26,32)(H,27,33)(H,30,31)(H,35,36). The molecule has 0 spiro atoms. The first-order valence-corrected chi connectivity index (χ1v) is 11.8. The molecule has 2 rings (SSSR count). The fraction of sp³-hybridized carbons (Fsp3) is 0.542. The summed E-state index contributed by atoms with van der Waals surface area (Å²) in [6.45, 7) is 3.79. The molecule has 4 unspecified atom stereocenters. The summed E-state index contributed by atoms with van der Waals surface area (Å²) in [4.78, 5) is 62.9. The summed E-state index contributed by atoms with van der Waals surface area (Å²) in [5.41, 5.74) is 6.61. The number of likely N-dealkylation sites (tertiary alicyclic amines) is 1. The molecule has 1 aliphatic rings. The Morgan fingerprint density at radius 2 is 1.69 bits per heavy atom. The number of amides is 3. The van der Waals surface area contributed by atoms with Crippen LogP contribution in [0.15, 0.2) is 24.3 Å². The zero-order valence-corrected chi connectivity index (χ0v) is 20.3. The van der Waals surface area contributed by atoms with Crippen molar-refractivity contribution >= 4 is 29.7 Å². The van der Waals surface area contributed by atoms with E-state index in [9.17, 15) is 39.3 Å². The van der Waals surface area contributed by atoms with E-state index >= 15 is 0 Å². The van der Waals surface area contributed by atoms with Gasteiger partial charge in [-0.1, -0.05) is 26.0 Å². The highest BCUT2D eigenvalue weighted by Gasteiger charge is 2.39. The van der Waals surface area contributed by atoms with Crippen LogP contribution in [0.1, 0.15) is 45.1 Å². The quantitative estimate of drug-likeness (QED) is 0.223. The van der Waals surface area contributed by atoms with E-state index in [-0.39, 0.29) is 37.5 Å². The zero-order valence-electron chi connectivity index (χ0n) is 20.3. The molecule has 0 radical (unpaired) electrons. The molecule has 0 saturated carbocycles. The Hall–Kier alpha value is -3.67. The molecule has 1 heterocycles. The summed E-state index contributed by atoms with van der Waals surface area (Å²) in [6, 6.07) is 1.38. The van der Waals surface area contributed by atoms with E-state index < -0.39 is 60.2 Å². The Morgan fingerprint density at radius 3 is 2.25 bits per heavy atom. The van der Waals surface area contributed by atoms with Gasteiger partial charge in [0.05, 0.1) is 12.5 Å². The minimum Gasteiger partial charge on any atom is -0.508 e. The third-order valence-electron chi connectivity index (χ3n) is 5.88. The third kappa shape index (κ3) is 8.22. The summed E-state index contributed by atoms with van der Waals surface area (Å²) in [5, 5.41) is 33.0. The predicted octanol–water partition coefficient (Wildman–Crippen LogP) is -0.172. The van der Waals surface area contributed by atoms with Crippen LogP contribution < -0.4 is 16.4 Å². The van der Waals surface area contributed by atoms with Crippen molar-refractivity contribution in [2.75, 3.05) is 6.54 Å². The van der Waals surface area contributed by atoms with Gasteiger partial charge < -0.3 is 36.6 Å². The number of hydrogen-bond acceptors (Lipinski definition) is 7. The predicted molar refractivity (Wildman–Crippen MR) is 128 cm³/mol. The lowest BCUT2D eigenvalue weighted by Crippen LogP contribution is -2.57. The van der Waals surface area contributed by atoms with Crippen molar-refractivity contribution < 1.29 is 39.3 Å². The van der Waals surface area contributed by atoms with Crippen molar-refractivity contribution in [1.82, 2.24) is 15.5 Å². The van der Waals surface area contributed by atoms with E-state index in [0.717, 1.165) is 0 Å². The second-order valence-electron chi connectivity index (χ2n) is 9.35. The van der Waals surface area contributed by atoms with E-state index in [0.29, 0.717) is 12.0 Å². The number of phenols is 1. The first kappa shape index (κ1) is 28.6. The van der Waals surface area contributed by atoms with Gasteiger partial charge in [-0.15, -0.1) is 0 Å². The number of carbonyl (C=O) groups is 5. The molecule has 3 amide bonds. The molecule has 1 aliphatic heterocycles. The monoisotopic (exact) mass is 506 g/mol. The molecule has 0 bridgehead atoms. The van der Waals surface area contributed by atoms with Crippen molar-refractivity contribution in [1.29, 1.82) is 0 Å². The molecule has 0 aliphatic carbocycles. The Morgan fingerprint density at radius 1 is 1.06 bits per heavy atom. The van der Waals surface area contributed by atoms with Crippen LogP contribution in [0, 0.1) is 5.92 Å². The number of aromatic hydroxyl groups is 1.